The van der Waals surface area contributed by atoms with Crippen LogP contribution in [0.25, 0.3) is 0 Å². The molecule has 2 bridgehead atoms. The van der Waals surface area contributed by atoms with Crippen LogP contribution in [0.1, 0.15) is 40.0 Å². The highest BCUT2D eigenvalue weighted by molar-refractivity contribution is 7.89. The molecule has 3 atom stereocenters. The molecule has 91 valence electrons. The first-order valence-corrected chi connectivity index (χ1v) is 7.77. The van der Waals surface area contributed by atoms with Gasteiger partial charge in [-0.1, -0.05) is 13.8 Å². The molecule has 0 aromatic heterocycles. The molecule has 1 aliphatic heterocycles. The van der Waals surface area contributed by atoms with Crippen molar-refractivity contribution in [2.75, 3.05) is 5.75 Å². The molecule has 2 aliphatic carbocycles. The highest BCUT2D eigenvalue weighted by Crippen LogP contribution is 2.70. The van der Waals surface area contributed by atoms with E-state index in [0.29, 0.717) is 5.75 Å². The Morgan fingerprint density at radius 1 is 1.38 bits per heavy atom. The Balaban J connectivity index is 2.12. The lowest BCUT2D eigenvalue weighted by molar-refractivity contribution is 0.122. The first kappa shape index (κ1) is 11.0. The molecule has 3 aliphatic rings. The van der Waals surface area contributed by atoms with Crippen LogP contribution in [0.4, 0.5) is 0 Å². The van der Waals surface area contributed by atoms with E-state index in [2.05, 4.69) is 13.8 Å². The van der Waals surface area contributed by atoms with Gasteiger partial charge in [0.05, 0.1) is 5.75 Å². The van der Waals surface area contributed by atoms with Crippen LogP contribution in [-0.2, 0) is 10.0 Å². The molecule has 1 radical (unpaired) electrons. The van der Waals surface area contributed by atoms with E-state index in [1.165, 1.54) is 6.42 Å². The van der Waals surface area contributed by atoms with Crippen LogP contribution in [0.15, 0.2) is 0 Å². The summed E-state index contributed by atoms with van der Waals surface area (Å²) in [5, 5.41) is 0. The maximum absolute atomic E-state index is 12.2. The van der Waals surface area contributed by atoms with Crippen molar-refractivity contribution in [3.8, 4) is 0 Å². The fraction of sp³-hybridized carbons (Fsp3) is 0.917. The third-order valence-corrected chi connectivity index (χ3v) is 7.70. The summed E-state index contributed by atoms with van der Waals surface area (Å²) in [5.74, 6) is 1.09. The highest BCUT2D eigenvalue weighted by Gasteiger charge is 2.70. The van der Waals surface area contributed by atoms with Gasteiger partial charge in [0.25, 0.3) is 0 Å². The van der Waals surface area contributed by atoms with Gasteiger partial charge in [0.2, 0.25) is 10.0 Å². The molecule has 1 spiro atoms. The fourth-order valence-corrected chi connectivity index (χ4v) is 7.17. The standard InChI is InChI=1S/C12H20NO2S/c1-4-13-10-7-9-5-6-12(10,11(9,2)3)8-16(13,14)15/h4,9-10H,5-8H2,1-3H3/t9?,10-,12-/m0/s1. The number of hydrogen-bond donors (Lipinski definition) is 0. The van der Waals surface area contributed by atoms with Crippen LogP contribution in [0.2, 0.25) is 0 Å². The van der Waals surface area contributed by atoms with E-state index < -0.39 is 10.0 Å². The smallest absolute Gasteiger partial charge is 0.212 e. The third kappa shape index (κ3) is 0.969. The molecule has 0 N–H and O–H groups in total. The van der Waals surface area contributed by atoms with E-state index in [-0.39, 0.29) is 16.9 Å². The van der Waals surface area contributed by atoms with E-state index >= 15 is 0 Å². The van der Waals surface area contributed by atoms with Crippen molar-refractivity contribution < 1.29 is 8.42 Å². The average Bonchev–Trinajstić information content (AvgIpc) is 2.63. The topological polar surface area (TPSA) is 37.4 Å². The number of nitrogens with zero attached hydrogens (tertiary/aromatic N) is 1. The van der Waals surface area contributed by atoms with Crippen LogP contribution in [0.5, 0.6) is 0 Å². The minimum Gasteiger partial charge on any atom is -0.212 e. The SMILES string of the molecule is C[CH]N1[C@H]2CC3CC[C@@]2(CS1(=O)=O)C3(C)C. The lowest BCUT2D eigenvalue weighted by Crippen LogP contribution is -2.40. The molecule has 16 heavy (non-hydrogen) atoms. The van der Waals surface area contributed by atoms with E-state index in [0.717, 1.165) is 18.8 Å². The summed E-state index contributed by atoms with van der Waals surface area (Å²) < 4.78 is 26.0. The van der Waals surface area contributed by atoms with Gasteiger partial charge in [-0.2, -0.15) is 4.31 Å². The van der Waals surface area contributed by atoms with Gasteiger partial charge in [-0.25, -0.2) is 8.42 Å². The van der Waals surface area contributed by atoms with Crippen LogP contribution in [0, 0.1) is 23.3 Å². The second kappa shape index (κ2) is 2.83. The van der Waals surface area contributed by atoms with Crippen molar-refractivity contribution in [1.29, 1.82) is 0 Å². The van der Waals surface area contributed by atoms with Gasteiger partial charge in [0.1, 0.15) is 0 Å². The Morgan fingerprint density at radius 2 is 2.06 bits per heavy atom. The second-order valence-corrected chi connectivity index (χ2v) is 8.08. The van der Waals surface area contributed by atoms with Crippen molar-refractivity contribution in [2.45, 2.75) is 46.1 Å². The Kier molecular flexibility index (Phi) is 1.95. The minimum absolute atomic E-state index is 0.0308. The zero-order valence-electron chi connectivity index (χ0n) is 10.2. The van der Waals surface area contributed by atoms with Crippen molar-refractivity contribution in [3.63, 3.8) is 0 Å². The lowest BCUT2D eigenvalue weighted by Gasteiger charge is -2.37. The molecule has 0 aromatic carbocycles. The lowest BCUT2D eigenvalue weighted by atomic mass is 9.69. The number of sulfonamides is 1. The maximum atomic E-state index is 12.2. The molecule has 0 aromatic rings. The van der Waals surface area contributed by atoms with Crippen molar-refractivity contribution >= 4 is 10.0 Å². The summed E-state index contributed by atoms with van der Waals surface area (Å²) >= 11 is 0. The van der Waals surface area contributed by atoms with Crippen LogP contribution in [0.3, 0.4) is 0 Å². The fourth-order valence-electron chi connectivity index (χ4n) is 4.66. The Bertz CT molecular complexity index is 428. The molecule has 3 nitrogen and oxygen atoms in total. The predicted octanol–water partition coefficient (Wildman–Crippen LogP) is 2.01. The number of rotatable bonds is 1. The predicted molar refractivity (Wildman–Crippen MR) is 62.9 cm³/mol. The molecule has 3 rings (SSSR count). The van der Waals surface area contributed by atoms with Gasteiger partial charge in [-0.05, 0) is 37.5 Å². The normalized spacial score (nSPS) is 48.4. The van der Waals surface area contributed by atoms with Crippen molar-refractivity contribution in [2.24, 2.45) is 16.7 Å². The maximum Gasteiger partial charge on any atom is 0.215 e. The minimum atomic E-state index is -3.03. The molecule has 0 amide bonds. The molecule has 1 saturated heterocycles. The summed E-state index contributed by atoms with van der Waals surface area (Å²) in [6.07, 6.45) is 3.38. The van der Waals surface area contributed by atoms with Gasteiger partial charge in [-0.15, -0.1) is 0 Å². The summed E-state index contributed by atoms with van der Waals surface area (Å²) in [4.78, 5) is 0. The van der Waals surface area contributed by atoms with E-state index in [9.17, 15) is 8.42 Å². The molecule has 3 fully saturated rings. The zero-order chi connectivity index (χ0) is 11.8. The van der Waals surface area contributed by atoms with Crippen molar-refractivity contribution in [1.82, 2.24) is 4.31 Å². The molecule has 2 saturated carbocycles. The van der Waals surface area contributed by atoms with Gasteiger partial charge in [-0.3, -0.25) is 0 Å². The Morgan fingerprint density at radius 3 is 2.62 bits per heavy atom. The van der Waals surface area contributed by atoms with Gasteiger partial charge in [0, 0.05) is 18.0 Å². The average molecular weight is 242 g/mol. The van der Waals surface area contributed by atoms with Gasteiger partial charge >= 0.3 is 0 Å². The molecule has 4 heteroatoms. The highest BCUT2D eigenvalue weighted by atomic mass is 32.2. The van der Waals surface area contributed by atoms with Gasteiger partial charge < -0.3 is 0 Å². The third-order valence-electron chi connectivity index (χ3n) is 5.71. The number of hydrogen-bond acceptors (Lipinski definition) is 2. The van der Waals surface area contributed by atoms with E-state index in [1.54, 1.807) is 10.8 Å². The summed E-state index contributed by atoms with van der Waals surface area (Å²) in [6.45, 7) is 8.17. The quantitative estimate of drug-likeness (QED) is 0.705. The summed E-state index contributed by atoms with van der Waals surface area (Å²) in [5.41, 5.74) is 0.228. The number of fused-ring (bicyclic) bond motifs is 1. The first-order chi connectivity index (χ1) is 7.35. The summed E-state index contributed by atoms with van der Waals surface area (Å²) in [7, 11) is -3.03. The first-order valence-electron chi connectivity index (χ1n) is 6.16. The molecular formula is C12H20NO2S. The van der Waals surface area contributed by atoms with Crippen LogP contribution >= 0.6 is 0 Å². The van der Waals surface area contributed by atoms with Crippen LogP contribution < -0.4 is 0 Å². The van der Waals surface area contributed by atoms with Crippen molar-refractivity contribution in [3.05, 3.63) is 6.54 Å². The Labute approximate surface area is 98.3 Å². The molecule has 1 heterocycles. The van der Waals surface area contributed by atoms with Gasteiger partial charge in [0.15, 0.2) is 0 Å². The largest absolute Gasteiger partial charge is 0.215 e. The Hall–Kier alpha value is -0.0900. The van der Waals surface area contributed by atoms with E-state index in [1.807, 2.05) is 6.92 Å². The van der Waals surface area contributed by atoms with E-state index in [4.69, 9.17) is 0 Å². The zero-order valence-corrected chi connectivity index (χ0v) is 11.0. The van der Waals surface area contributed by atoms with Crippen LogP contribution in [-0.4, -0.2) is 24.5 Å². The molecule has 1 unspecified atom stereocenters. The summed E-state index contributed by atoms with van der Waals surface area (Å²) in [6, 6.07) is 0.247. The second-order valence-electron chi connectivity index (χ2n) is 6.21. The molecular weight excluding hydrogens is 222 g/mol. The monoisotopic (exact) mass is 242 g/mol.